The lowest BCUT2D eigenvalue weighted by Crippen LogP contribution is -1.95. The van der Waals surface area contributed by atoms with Crippen molar-refractivity contribution in [1.82, 2.24) is 0 Å². The first-order valence-electron chi connectivity index (χ1n) is 4.79. The Morgan fingerprint density at radius 2 is 2.00 bits per heavy atom. The molecule has 0 spiro atoms. The van der Waals surface area contributed by atoms with E-state index in [9.17, 15) is 4.79 Å². The van der Waals surface area contributed by atoms with E-state index in [4.69, 9.17) is 4.74 Å². The van der Waals surface area contributed by atoms with E-state index < -0.39 is 0 Å². The fourth-order valence-electron chi connectivity index (χ4n) is 1.07. The van der Waals surface area contributed by atoms with Gasteiger partial charge in [-0.2, -0.15) is 0 Å². The SMILES string of the molecule is C=CCOC/C=C/C(=O)c1ccccc1. The molecule has 0 heterocycles. The topological polar surface area (TPSA) is 26.3 Å². The summed E-state index contributed by atoms with van der Waals surface area (Å²) in [4.78, 5) is 11.5. The van der Waals surface area contributed by atoms with Crippen LogP contribution in [0.25, 0.3) is 0 Å². The molecule has 2 nitrogen and oxygen atoms in total. The van der Waals surface area contributed by atoms with Crippen molar-refractivity contribution in [1.29, 1.82) is 0 Å². The van der Waals surface area contributed by atoms with Crippen LogP contribution >= 0.6 is 0 Å². The van der Waals surface area contributed by atoms with Crippen LogP contribution < -0.4 is 0 Å². The van der Waals surface area contributed by atoms with Gasteiger partial charge in [0.25, 0.3) is 0 Å². The molecule has 1 aromatic carbocycles. The summed E-state index contributed by atoms with van der Waals surface area (Å²) in [5.41, 5.74) is 0.692. The molecule has 0 aromatic heterocycles. The third-order valence-corrected chi connectivity index (χ3v) is 1.78. The highest BCUT2D eigenvalue weighted by atomic mass is 16.5. The summed E-state index contributed by atoms with van der Waals surface area (Å²) in [7, 11) is 0. The quantitative estimate of drug-likeness (QED) is 0.307. The number of rotatable bonds is 6. The third kappa shape index (κ3) is 4.38. The van der Waals surface area contributed by atoms with Crippen LogP contribution in [0.5, 0.6) is 0 Å². The fourth-order valence-corrected chi connectivity index (χ4v) is 1.07. The molecule has 0 N–H and O–H groups in total. The minimum Gasteiger partial charge on any atom is -0.373 e. The van der Waals surface area contributed by atoms with Crippen molar-refractivity contribution in [2.75, 3.05) is 13.2 Å². The molecular weight excluding hydrogens is 188 g/mol. The normalized spacial score (nSPS) is 10.4. The summed E-state index contributed by atoms with van der Waals surface area (Å²) < 4.78 is 5.11. The van der Waals surface area contributed by atoms with Crippen LogP contribution in [0, 0.1) is 0 Å². The van der Waals surface area contributed by atoms with E-state index >= 15 is 0 Å². The average Bonchev–Trinajstić information content (AvgIpc) is 2.30. The van der Waals surface area contributed by atoms with Crippen LogP contribution in [0.1, 0.15) is 10.4 Å². The van der Waals surface area contributed by atoms with E-state index in [1.165, 1.54) is 6.08 Å². The van der Waals surface area contributed by atoms with Crippen LogP contribution in [-0.4, -0.2) is 19.0 Å². The summed E-state index contributed by atoms with van der Waals surface area (Å²) in [6, 6.07) is 9.15. The van der Waals surface area contributed by atoms with E-state index in [1.54, 1.807) is 24.3 Å². The van der Waals surface area contributed by atoms with Crippen LogP contribution in [0.15, 0.2) is 55.1 Å². The molecule has 2 heteroatoms. The lowest BCUT2D eigenvalue weighted by atomic mass is 10.1. The maximum atomic E-state index is 11.5. The molecule has 0 aliphatic heterocycles. The molecule has 0 unspecified atom stereocenters. The Morgan fingerprint density at radius 3 is 2.67 bits per heavy atom. The largest absolute Gasteiger partial charge is 0.373 e. The summed E-state index contributed by atoms with van der Waals surface area (Å²) in [6.07, 6.45) is 4.91. The Morgan fingerprint density at radius 1 is 1.27 bits per heavy atom. The standard InChI is InChI=1S/C13H14O2/c1-2-10-15-11-6-9-13(14)12-7-4-3-5-8-12/h2-9H,1,10-11H2/b9-6+. The average molecular weight is 202 g/mol. The maximum absolute atomic E-state index is 11.5. The molecule has 0 saturated carbocycles. The molecule has 0 saturated heterocycles. The Kier molecular flexibility index (Phi) is 5.12. The van der Waals surface area contributed by atoms with E-state index in [-0.39, 0.29) is 5.78 Å². The molecule has 0 aliphatic carbocycles. The molecule has 1 rings (SSSR count). The zero-order valence-corrected chi connectivity index (χ0v) is 8.56. The number of hydrogen-bond donors (Lipinski definition) is 0. The molecule has 0 atom stereocenters. The second-order valence-corrected chi connectivity index (χ2v) is 2.96. The van der Waals surface area contributed by atoms with Crippen molar-refractivity contribution < 1.29 is 9.53 Å². The molecule has 1 aromatic rings. The molecule has 0 aliphatic rings. The Hall–Kier alpha value is -1.67. The van der Waals surface area contributed by atoms with Crippen molar-refractivity contribution in [2.45, 2.75) is 0 Å². The molecule has 78 valence electrons. The summed E-state index contributed by atoms with van der Waals surface area (Å²) in [5.74, 6) is -0.00203. The number of ether oxygens (including phenoxy) is 1. The van der Waals surface area contributed by atoms with Crippen molar-refractivity contribution in [3.8, 4) is 0 Å². The molecule has 0 bridgehead atoms. The van der Waals surface area contributed by atoms with Crippen molar-refractivity contribution in [2.24, 2.45) is 0 Å². The van der Waals surface area contributed by atoms with Crippen LogP contribution in [0.4, 0.5) is 0 Å². The predicted octanol–water partition coefficient (Wildman–Crippen LogP) is 2.63. The van der Waals surface area contributed by atoms with Gasteiger partial charge in [-0.15, -0.1) is 6.58 Å². The van der Waals surface area contributed by atoms with Gasteiger partial charge >= 0.3 is 0 Å². The lowest BCUT2D eigenvalue weighted by Gasteiger charge is -1.95. The first-order chi connectivity index (χ1) is 7.34. The van der Waals surface area contributed by atoms with Gasteiger partial charge in [-0.3, -0.25) is 4.79 Å². The van der Waals surface area contributed by atoms with Crippen LogP contribution in [0.2, 0.25) is 0 Å². The van der Waals surface area contributed by atoms with Gasteiger partial charge in [0.1, 0.15) is 0 Å². The third-order valence-electron chi connectivity index (χ3n) is 1.78. The molecular formula is C13H14O2. The van der Waals surface area contributed by atoms with E-state index in [2.05, 4.69) is 6.58 Å². The lowest BCUT2D eigenvalue weighted by molar-refractivity contribution is 0.104. The maximum Gasteiger partial charge on any atom is 0.185 e. The van der Waals surface area contributed by atoms with Gasteiger partial charge < -0.3 is 4.74 Å². The van der Waals surface area contributed by atoms with Crippen molar-refractivity contribution in [3.05, 3.63) is 60.7 Å². The fraction of sp³-hybridized carbons (Fsp3) is 0.154. The number of hydrogen-bond acceptors (Lipinski definition) is 2. The van der Waals surface area contributed by atoms with E-state index in [0.29, 0.717) is 18.8 Å². The van der Waals surface area contributed by atoms with Gasteiger partial charge in [-0.25, -0.2) is 0 Å². The van der Waals surface area contributed by atoms with Crippen LogP contribution in [0.3, 0.4) is 0 Å². The summed E-state index contributed by atoms with van der Waals surface area (Å²) in [6.45, 7) is 4.46. The molecule has 0 amide bonds. The monoisotopic (exact) mass is 202 g/mol. The number of allylic oxidation sites excluding steroid dienone is 1. The highest BCUT2D eigenvalue weighted by molar-refractivity contribution is 6.04. The van der Waals surface area contributed by atoms with Gasteiger partial charge in [0.2, 0.25) is 0 Å². The second-order valence-electron chi connectivity index (χ2n) is 2.96. The van der Waals surface area contributed by atoms with Gasteiger partial charge in [0.05, 0.1) is 13.2 Å². The van der Waals surface area contributed by atoms with Crippen molar-refractivity contribution >= 4 is 5.78 Å². The van der Waals surface area contributed by atoms with Gasteiger partial charge in [0, 0.05) is 5.56 Å². The van der Waals surface area contributed by atoms with Crippen LogP contribution in [-0.2, 0) is 4.74 Å². The van der Waals surface area contributed by atoms with Gasteiger partial charge in [-0.1, -0.05) is 42.5 Å². The smallest absolute Gasteiger partial charge is 0.185 e. The summed E-state index contributed by atoms with van der Waals surface area (Å²) in [5, 5.41) is 0. The predicted molar refractivity (Wildman–Crippen MR) is 60.9 cm³/mol. The van der Waals surface area contributed by atoms with Gasteiger partial charge in [-0.05, 0) is 6.08 Å². The minimum absolute atomic E-state index is 0.00203. The zero-order valence-electron chi connectivity index (χ0n) is 8.56. The number of carbonyl (C=O) groups is 1. The Bertz CT molecular complexity index is 339. The first-order valence-corrected chi connectivity index (χ1v) is 4.79. The Labute approximate surface area is 89.9 Å². The van der Waals surface area contributed by atoms with Gasteiger partial charge in [0.15, 0.2) is 5.78 Å². The first kappa shape index (κ1) is 11.4. The highest BCUT2D eigenvalue weighted by Gasteiger charge is 1.97. The summed E-state index contributed by atoms with van der Waals surface area (Å²) >= 11 is 0. The van der Waals surface area contributed by atoms with E-state index in [0.717, 1.165) is 0 Å². The van der Waals surface area contributed by atoms with Crippen molar-refractivity contribution in [3.63, 3.8) is 0 Å². The minimum atomic E-state index is -0.00203. The van der Waals surface area contributed by atoms with E-state index in [1.807, 2.05) is 18.2 Å². The molecule has 0 fully saturated rings. The number of carbonyl (C=O) groups excluding carboxylic acids is 1. The number of benzene rings is 1. The second kappa shape index (κ2) is 6.74. The number of ketones is 1. The highest BCUT2D eigenvalue weighted by Crippen LogP contribution is 2.00. The Balaban J connectivity index is 2.39. The molecule has 15 heavy (non-hydrogen) atoms. The zero-order chi connectivity index (χ0) is 10.9. The molecule has 0 radical (unpaired) electrons.